The van der Waals surface area contributed by atoms with Crippen molar-refractivity contribution in [2.45, 2.75) is 122 Å². The molecule has 13 nitrogen and oxygen atoms in total. The van der Waals surface area contributed by atoms with Crippen molar-refractivity contribution in [1.82, 2.24) is 25.5 Å². The van der Waals surface area contributed by atoms with E-state index in [0.717, 1.165) is 32.1 Å². The molecule has 1 aliphatic heterocycles. The number of likely N-dealkylation sites (N-methyl/N-ethyl adjacent to an activating group) is 1. The summed E-state index contributed by atoms with van der Waals surface area (Å²) in [6.45, 7) is 9.13. The molecule has 0 aromatic rings. The molecular formula is C40H71N5O8. The second kappa shape index (κ2) is 17.5. The number of nitrogens with one attached hydrogen (secondary N) is 2. The molecule has 1 saturated heterocycles. The van der Waals surface area contributed by atoms with E-state index >= 15 is 0 Å². The Labute approximate surface area is 318 Å². The first-order valence-corrected chi connectivity index (χ1v) is 20.3. The summed E-state index contributed by atoms with van der Waals surface area (Å²) in [6.07, 6.45) is 5.68. The third-order valence-corrected chi connectivity index (χ3v) is 14.5. The van der Waals surface area contributed by atoms with Gasteiger partial charge >= 0.3 is 5.97 Å². The second-order valence-corrected chi connectivity index (χ2v) is 18.4. The number of esters is 1. The van der Waals surface area contributed by atoms with E-state index in [0.29, 0.717) is 49.1 Å². The Hall–Kier alpha value is -1.87. The number of methoxy groups -OCH3 is 2. The molecular weight excluding hydrogens is 678 g/mol. The summed E-state index contributed by atoms with van der Waals surface area (Å²) in [7, 11) is 11.0. The molecule has 53 heavy (non-hydrogen) atoms. The molecule has 4 N–H and O–H groups in total. The van der Waals surface area contributed by atoms with E-state index in [9.17, 15) is 24.6 Å². The fourth-order valence-corrected chi connectivity index (χ4v) is 11.4. The Bertz CT molecular complexity index is 1270. The average Bonchev–Trinajstić information content (AvgIpc) is 3.49. The normalized spacial score (nSPS) is 39.6. The predicted octanol–water partition coefficient (Wildman–Crippen LogP) is 2.14. The first kappa shape index (κ1) is 42.3. The van der Waals surface area contributed by atoms with Crippen LogP contribution < -0.4 is 10.6 Å². The Morgan fingerprint density at radius 3 is 2.30 bits per heavy atom. The summed E-state index contributed by atoms with van der Waals surface area (Å²) in [5.41, 5.74) is 0.298. The van der Waals surface area contributed by atoms with E-state index in [1.807, 2.05) is 19.0 Å². The average molecular weight is 750 g/mol. The van der Waals surface area contributed by atoms with Gasteiger partial charge in [-0.15, -0.1) is 0 Å². The molecule has 13 heteroatoms. The second-order valence-electron chi connectivity index (χ2n) is 18.4. The minimum atomic E-state index is -0.855. The number of carbonyl (C=O) groups is 3. The van der Waals surface area contributed by atoms with Crippen molar-refractivity contribution in [3.05, 3.63) is 0 Å². The highest BCUT2D eigenvalue weighted by Gasteiger charge is 2.58. The molecule has 6 rings (SSSR count). The number of hydrogen-bond acceptors (Lipinski definition) is 11. The number of fused-ring (bicyclic) bond motifs is 2. The molecule has 0 aromatic carbocycles. The number of carbonyl (C=O) groups excluding carboxylic acids is 3. The lowest BCUT2D eigenvalue weighted by molar-refractivity contribution is -0.193. The summed E-state index contributed by atoms with van der Waals surface area (Å²) in [6, 6.07) is -1.22. The monoisotopic (exact) mass is 750 g/mol. The minimum absolute atomic E-state index is 0.0407. The zero-order valence-electron chi connectivity index (χ0n) is 34.1. The molecule has 6 aliphatic rings. The van der Waals surface area contributed by atoms with Crippen LogP contribution in [0.4, 0.5) is 0 Å². The number of amides is 2. The number of nitrogens with zero attached hydrogens (tertiary/aromatic N) is 3. The zero-order valence-corrected chi connectivity index (χ0v) is 34.1. The summed E-state index contributed by atoms with van der Waals surface area (Å²) >= 11 is 0. The first-order valence-electron chi connectivity index (χ1n) is 20.3. The predicted molar refractivity (Wildman–Crippen MR) is 201 cm³/mol. The van der Waals surface area contributed by atoms with E-state index in [1.165, 1.54) is 13.5 Å². The zero-order chi connectivity index (χ0) is 38.9. The van der Waals surface area contributed by atoms with Gasteiger partial charge in [0.1, 0.15) is 18.2 Å². The van der Waals surface area contributed by atoms with Crippen LogP contribution in [-0.4, -0.2) is 147 Å². The van der Waals surface area contributed by atoms with Gasteiger partial charge in [-0.2, -0.15) is 5.06 Å². The Morgan fingerprint density at radius 2 is 1.74 bits per heavy atom. The Morgan fingerprint density at radius 1 is 1.02 bits per heavy atom. The Balaban J connectivity index is 1.32. The standard InChI is InChI=1S/C40H71N5O8/c1-22-30-17-27(40(30,3)4)18-31(22)41-38(49)35-34(23(2)47)33(21-46)53-45(35)19-24-12-11-13-29(36(24)51-9)25-14-26(16-28(15-25)44(7)8)37(48)42-32(20-43(5)6)39(50)52-10/h22-36,46-47H,11-21H2,1-10H3,(H,41,49)(H,42,48)/t22-,23-,24?,25?,26?,27+,28?,29?,30-,31-,32+,33-,34+,35-,36?/m0/s1. The first-order chi connectivity index (χ1) is 25.0. The fraction of sp³-hybridized carbons (Fsp3) is 0.925. The van der Waals surface area contributed by atoms with E-state index in [4.69, 9.17) is 14.3 Å². The van der Waals surface area contributed by atoms with Gasteiger partial charge in [-0.3, -0.25) is 14.4 Å². The van der Waals surface area contributed by atoms with Gasteiger partial charge in [-0.25, -0.2) is 4.79 Å². The third kappa shape index (κ3) is 8.92. The molecule has 0 spiro atoms. The number of rotatable bonds is 14. The maximum absolute atomic E-state index is 14.3. The smallest absolute Gasteiger partial charge is 0.329 e. The summed E-state index contributed by atoms with van der Waals surface area (Å²) < 4.78 is 11.4. The molecule has 5 aliphatic carbocycles. The minimum Gasteiger partial charge on any atom is -0.467 e. The van der Waals surface area contributed by atoms with Crippen molar-refractivity contribution < 1.29 is 38.9 Å². The van der Waals surface area contributed by atoms with Crippen LogP contribution in [-0.2, 0) is 28.7 Å². The number of ether oxygens (including phenoxy) is 2. The molecule has 6 fully saturated rings. The molecule has 2 amide bonds. The van der Waals surface area contributed by atoms with Crippen LogP contribution in [0.3, 0.4) is 0 Å². The van der Waals surface area contributed by atoms with Crippen molar-refractivity contribution in [1.29, 1.82) is 0 Å². The van der Waals surface area contributed by atoms with E-state index in [1.54, 1.807) is 19.1 Å². The number of hydroxylamine groups is 2. The molecule has 15 atom stereocenters. The fourth-order valence-electron chi connectivity index (χ4n) is 11.4. The van der Waals surface area contributed by atoms with Gasteiger partial charge < -0.3 is 40.1 Å². The van der Waals surface area contributed by atoms with Gasteiger partial charge in [-0.1, -0.05) is 27.2 Å². The van der Waals surface area contributed by atoms with Gasteiger partial charge in [0.25, 0.3) is 0 Å². The van der Waals surface area contributed by atoms with Crippen LogP contribution in [0, 0.1) is 52.8 Å². The number of aliphatic hydroxyl groups excluding tert-OH is 2. The van der Waals surface area contributed by atoms with Gasteiger partial charge in [0.05, 0.1) is 25.9 Å². The maximum atomic E-state index is 14.3. The highest BCUT2D eigenvalue weighted by Crippen LogP contribution is 2.61. The molecule has 6 unspecified atom stereocenters. The third-order valence-electron chi connectivity index (χ3n) is 14.5. The van der Waals surface area contributed by atoms with Crippen molar-refractivity contribution in [3.63, 3.8) is 0 Å². The van der Waals surface area contributed by atoms with Crippen LogP contribution in [0.5, 0.6) is 0 Å². The van der Waals surface area contributed by atoms with Crippen molar-refractivity contribution >= 4 is 17.8 Å². The van der Waals surface area contributed by atoms with Gasteiger partial charge in [-0.05, 0) is 115 Å². The van der Waals surface area contributed by atoms with E-state index in [2.05, 4.69) is 50.4 Å². The summed E-state index contributed by atoms with van der Waals surface area (Å²) in [5, 5.41) is 29.5. The van der Waals surface area contributed by atoms with Gasteiger partial charge in [0.2, 0.25) is 11.8 Å². The summed E-state index contributed by atoms with van der Waals surface area (Å²) in [4.78, 5) is 51.1. The lowest BCUT2D eigenvalue weighted by atomic mass is 9.45. The van der Waals surface area contributed by atoms with Crippen molar-refractivity contribution in [2.24, 2.45) is 52.8 Å². The highest BCUT2D eigenvalue weighted by atomic mass is 16.7. The lowest BCUT2D eigenvalue weighted by Crippen LogP contribution is -2.62. The molecule has 2 bridgehead atoms. The van der Waals surface area contributed by atoms with Crippen LogP contribution in [0.2, 0.25) is 0 Å². The van der Waals surface area contributed by atoms with Crippen LogP contribution in [0.1, 0.15) is 79.1 Å². The highest BCUT2D eigenvalue weighted by molar-refractivity contribution is 5.86. The quantitative estimate of drug-likeness (QED) is 0.193. The Kier molecular flexibility index (Phi) is 14.0. The maximum Gasteiger partial charge on any atom is 0.329 e. The van der Waals surface area contributed by atoms with Gasteiger partial charge in [0.15, 0.2) is 0 Å². The van der Waals surface area contributed by atoms with E-state index < -0.39 is 36.2 Å². The molecule has 1 heterocycles. The van der Waals surface area contributed by atoms with Crippen molar-refractivity contribution in [3.8, 4) is 0 Å². The topological polar surface area (TPSA) is 153 Å². The van der Waals surface area contributed by atoms with Crippen molar-refractivity contribution in [2.75, 3.05) is 62.1 Å². The molecule has 5 saturated carbocycles. The van der Waals surface area contributed by atoms with Crippen LogP contribution in [0.25, 0.3) is 0 Å². The number of aliphatic hydroxyl groups is 2. The largest absolute Gasteiger partial charge is 0.467 e. The van der Waals surface area contributed by atoms with Crippen LogP contribution in [0.15, 0.2) is 0 Å². The molecule has 0 aromatic heterocycles. The molecule has 304 valence electrons. The molecule has 0 radical (unpaired) electrons. The van der Waals surface area contributed by atoms with Gasteiger partial charge in [0, 0.05) is 50.0 Å². The van der Waals surface area contributed by atoms with E-state index in [-0.39, 0.29) is 60.3 Å². The SMILES string of the molecule is COC(=O)[C@@H](CN(C)C)NC(=O)C1CC(C2CCCC(CN3O[C@@H](CO)[C@@H]([C@H](C)O)[C@H]3C(=O)N[C@H]3C[C@H]4C[C@@H]([C@@H]3C)C4(C)C)C2OC)CC(N(C)C)C1. The van der Waals surface area contributed by atoms with Crippen LogP contribution >= 0.6 is 0 Å². The number of hydrogen-bond donors (Lipinski definition) is 4. The summed E-state index contributed by atoms with van der Waals surface area (Å²) in [5.74, 6) is 0.405. The lowest BCUT2D eigenvalue weighted by Gasteiger charge is -2.62.